The van der Waals surface area contributed by atoms with Crippen LogP contribution in [0, 0.1) is 11.3 Å². The van der Waals surface area contributed by atoms with Gasteiger partial charge in [-0.15, -0.1) is 4.72 Å². The van der Waals surface area contributed by atoms with Crippen molar-refractivity contribution in [1.29, 1.82) is 5.26 Å². The summed E-state index contributed by atoms with van der Waals surface area (Å²) in [5.74, 6) is 0. The molecular weight excluding hydrogens is 312 g/mol. The lowest BCUT2D eigenvalue weighted by Crippen LogP contribution is -2.40. The molecule has 0 fully saturated rings. The fraction of sp³-hybridized carbons (Fsp3) is 0.462. The lowest BCUT2D eigenvalue weighted by atomic mass is 10.1. The van der Waals surface area contributed by atoms with Crippen LogP contribution in [0.15, 0.2) is 22.7 Å². The van der Waals surface area contributed by atoms with Gasteiger partial charge in [-0.2, -0.15) is 5.26 Å². The van der Waals surface area contributed by atoms with Crippen molar-refractivity contribution in [1.82, 2.24) is 4.72 Å². The molecule has 1 rings (SSSR count). The summed E-state index contributed by atoms with van der Waals surface area (Å²) in [6, 6.07) is 7.59. The van der Waals surface area contributed by atoms with Crippen molar-refractivity contribution in [2.24, 2.45) is 0 Å². The molecule has 1 unspecified atom stereocenters. The van der Waals surface area contributed by atoms with Gasteiger partial charge in [-0.1, -0.05) is 6.07 Å². The van der Waals surface area contributed by atoms with Crippen molar-refractivity contribution in [3.05, 3.63) is 33.8 Å². The fourth-order valence-electron chi connectivity index (χ4n) is 1.30. The first kappa shape index (κ1) is 15.5. The van der Waals surface area contributed by atoms with Crippen LogP contribution >= 0.6 is 15.9 Å². The first-order chi connectivity index (χ1) is 8.25. The first-order valence-corrected chi connectivity index (χ1v) is 7.57. The van der Waals surface area contributed by atoms with E-state index in [1.54, 1.807) is 6.07 Å². The minimum Gasteiger partial charge on any atom is -0.598 e. The molecule has 1 N–H and O–H groups in total. The van der Waals surface area contributed by atoms with E-state index in [0.29, 0.717) is 5.56 Å². The highest BCUT2D eigenvalue weighted by atomic mass is 79.9. The van der Waals surface area contributed by atoms with Crippen molar-refractivity contribution in [3.63, 3.8) is 0 Å². The lowest BCUT2D eigenvalue weighted by molar-refractivity contribution is 0.531. The van der Waals surface area contributed by atoms with E-state index in [9.17, 15) is 4.55 Å². The molecule has 0 heterocycles. The highest BCUT2D eigenvalue weighted by Gasteiger charge is 2.28. The molecule has 1 aromatic rings. The van der Waals surface area contributed by atoms with Gasteiger partial charge >= 0.3 is 0 Å². The molecule has 2 atom stereocenters. The monoisotopic (exact) mass is 328 g/mol. The van der Waals surface area contributed by atoms with Gasteiger partial charge in [0.05, 0.1) is 11.6 Å². The van der Waals surface area contributed by atoms with Crippen LogP contribution in [0.5, 0.6) is 0 Å². The first-order valence-electron chi connectivity index (χ1n) is 5.63. The summed E-state index contributed by atoms with van der Waals surface area (Å²) in [6.45, 7) is 7.74. The van der Waals surface area contributed by atoms with Crippen LogP contribution in [0.4, 0.5) is 0 Å². The minimum atomic E-state index is -1.11. The molecule has 0 amide bonds. The van der Waals surface area contributed by atoms with Crippen LogP contribution in [0.3, 0.4) is 0 Å². The Kier molecular flexibility index (Phi) is 5.23. The van der Waals surface area contributed by atoms with Crippen molar-refractivity contribution in [2.75, 3.05) is 0 Å². The van der Waals surface area contributed by atoms with E-state index < -0.39 is 11.4 Å². The third kappa shape index (κ3) is 3.99. The molecule has 0 spiro atoms. The Bertz CT molecular complexity index is 465. The number of hydrogen-bond donors (Lipinski definition) is 1. The Morgan fingerprint density at radius 2 is 2.06 bits per heavy atom. The van der Waals surface area contributed by atoms with Gasteiger partial charge in [0.1, 0.15) is 10.8 Å². The van der Waals surface area contributed by atoms with Gasteiger partial charge in [0, 0.05) is 15.8 Å². The van der Waals surface area contributed by atoms with Crippen molar-refractivity contribution in [3.8, 4) is 6.07 Å². The summed E-state index contributed by atoms with van der Waals surface area (Å²) in [5.41, 5.74) is 1.60. The highest BCUT2D eigenvalue weighted by molar-refractivity contribution is 9.10. The summed E-state index contributed by atoms with van der Waals surface area (Å²) >= 11 is 2.24. The second kappa shape index (κ2) is 6.07. The van der Waals surface area contributed by atoms with E-state index in [0.717, 1.165) is 10.0 Å². The summed E-state index contributed by atoms with van der Waals surface area (Å²) in [6.07, 6.45) is 0. The topological polar surface area (TPSA) is 58.9 Å². The van der Waals surface area contributed by atoms with Gasteiger partial charge in [0.15, 0.2) is 0 Å². The van der Waals surface area contributed by atoms with E-state index in [1.807, 2.05) is 39.8 Å². The van der Waals surface area contributed by atoms with Crippen molar-refractivity contribution in [2.45, 2.75) is 38.5 Å². The maximum atomic E-state index is 12.0. The Labute approximate surface area is 120 Å². The molecule has 18 heavy (non-hydrogen) atoms. The molecule has 0 saturated heterocycles. The van der Waals surface area contributed by atoms with E-state index in [4.69, 9.17) is 5.26 Å². The van der Waals surface area contributed by atoms with Gasteiger partial charge in [-0.25, -0.2) is 0 Å². The standard InChI is InChI=1S/C13H17BrN2OS/c1-9(16-18(17)13(2,3)4)10-5-6-11(8-15)12(14)7-10/h5-7,9,16H,1-4H3/t9-,18?/m1/s1. The van der Waals surface area contributed by atoms with Crippen LogP contribution in [-0.4, -0.2) is 9.30 Å². The second-order valence-corrected chi connectivity index (χ2v) is 7.92. The Morgan fingerprint density at radius 1 is 1.44 bits per heavy atom. The molecule has 3 nitrogen and oxygen atoms in total. The zero-order valence-electron chi connectivity index (χ0n) is 11.0. The molecule has 0 aromatic heterocycles. The summed E-state index contributed by atoms with van der Waals surface area (Å²) < 4.78 is 15.5. The van der Waals surface area contributed by atoms with Crippen LogP contribution in [-0.2, 0) is 11.4 Å². The maximum Gasteiger partial charge on any atom is 0.136 e. The zero-order chi connectivity index (χ0) is 13.9. The number of benzene rings is 1. The van der Waals surface area contributed by atoms with Crippen molar-refractivity contribution >= 4 is 27.3 Å². The summed E-state index contributed by atoms with van der Waals surface area (Å²) in [5, 5.41) is 8.86. The molecule has 0 saturated carbocycles. The molecule has 0 aliphatic carbocycles. The average Bonchev–Trinajstić information content (AvgIpc) is 2.27. The number of halogens is 1. The minimum absolute atomic E-state index is 0.0332. The van der Waals surface area contributed by atoms with E-state index in [1.165, 1.54) is 0 Å². The van der Waals surface area contributed by atoms with Crippen LogP contribution in [0.1, 0.15) is 44.9 Å². The van der Waals surface area contributed by atoms with Crippen molar-refractivity contribution < 1.29 is 4.55 Å². The summed E-state index contributed by atoms with van der Waals surface area (Å²) in [4.78, 5) is 0. The van der Waals surface area contributed by atoms with E-state index in [2.05, 4.69) is 26.7 Å². The Balaban J connectivity index is 2.83. The number of nitrogens with one attached hydrogen (secondary N) is 1. The second-order valence-electron chi connectivity index (χ2n) is 5.07. The Hall–Kier alpha value is -0.540. The van der Waals surface area contributed by atoms with Gasteiger partial charge in [0.2, 0.25) is 0 Å². The quantitative estimate of drug-likeness (QED) is 0.864. The van der Waals surface area contributed by atoms with E-state index >= 15 is 0 Å². The number of nitriles is 1. The lowest BCUT2D eigenvalue weighted by Gasteiger charge is -2.26. The molecular formula is C13H17BrN2OS. The van der Waals surface area contributed by atoms with Gasteiger partial charge in [-0.3, -0.25) is 0 Å². The molecule has 0 radical (unpaired) electrons. The molecule has 1 aromatic carbocycles. The molecule has 98 valence electrons. The van der Waals surface area contributed by atoms with Gasteiger partial charge < -0.3 is 4.55 Å². The zero-order valence-corrected chi connectivity index (χ0v) is 13.4. The predicted octanol–water partition coefficient (Wildman–Crippen LogP) is 3.43. The predicted molar refractivity (Wildman–Crippen MR) is 78.3 cm³/mol. The highest BCUT2D eigenvalue weighted by Crippen LogP contribution is 2.24. The Morgan fingerprint density at radius 3 is 2.50 bits per heavy atom. The van der Waals surface area contributed by atoms with Crippen LogP contribution < -0.4 is 4.72 Å². The number of rotatable bonds is 3. The molecule has 0 bridgehead atoms. The number of hydrogen-bond acceptors (Lipinski definition) is 3. The average molecular weight is 329 g/mol. The molecule has 5 heteroatoms. The van der Waals surface area contributed by atoms with Crippen LogP contribution in [0.25, 0.3) is 0 Å². The smallest absolute Gasteiger partial charge is 0.136 e. The number of nitrogens with zero attached hydrogens (tertiary/aromatic N) is 1. The SMILES string of the molecule is C[C@@H](N[S+]([O-])C(C)(C)C)c1ccc(C#N)c(Br)c1. The molecule has 0 aliphatic rings. The van der Waals surface area contributed by atoms with Crippen LogP contribution in [0.2, 0.25) is 0 Å². The van der Waals surface area contributed by atoms with Gasteiger partial charge in [-0.05, 0) is 61.3 Å². The normalized spacial score (nSPS) is 14.9. The van der Waals surface area contributed by atoms with Gasteiger partial charge in [0.25, 0.3) is 0 Å². The largest absolute Gasteiger partial charge is 0.598 e. The third-order valence-electron chi connectivity index (χ3n) is 2.45. The fourth-order valence-corrected chi connectivity index (χ4v) is 2.59. The maximum absolute atomic E-state index is 12.0. The van der Waals surface area contributed by atoms with E-state index in [-0.39, 0.29) is 10.8 Å². The molecule has 0 aliphatic heterocycles. The third-order valence-corrected chi connectivity index (χ3v) is 4.79. The summed E-state index contributed by atoms with van der Waals surface area (Å²) in [7, 11) is 0.